The molecule has 0 spiro atoms. The third-order valence-electron chi connectivity index (χ3n) is 3.65. The van der Waals surface area contributed by atoms with E-state index in [1.54, 1.807) is 0 Å². The van der Waals surface area contributed by atoms with Gasteiger partial charge in [-0.1, -0.05) is 6.92 Å². The van der Waals surface area contributed by atoms with Gasteiger partial charge in [0.2, 0.25) is 0 Å². The molecule has 1 fully saturated rings. The molecule has 1 aliphatic rings. The molecule has 5 heteroatoms. The number of hydrogen-bond donors (Lipinski definition) is 1. The van der Waals surface area contributed by atoms with Crippen LogP contribution >= 0.6 is 0 Å². The van der Waals surface area contributed by atoms with Gasteiger partial charge in [-0.15, -0.1) is 0 Å². The van der Waals surface area contributed by atoms with Gasteiger partial charge in [0.15, 0.2) is 0 Å². The molecule has 0 bridgehead atoms. The highest BCUT2D eigenvalue weighted by Gasteiger charge is 2.32. The zero-order valence-electron chi connectivity index (χ0n) is 10.2. The van der Waals surface area contributed by atoms with Crippen LogP contribution in [0.25, 0.3) is 0 Å². The lowest BCUT2D eigenvalue weighted by Crippen LogP contribution is -2.38. The molecule has 0 amide bonds. The standard InChI is InChI=1S/C13H17F3N2/c1-9-6-7-18(12(9)8-17)11-4-2-10(3-5-11)13(14,15)16/h2-5,9,12H,6-8,17H2,1H3. The van der Waals surface area contributed by atoms with Gasteiger partial charge in [0.1, 0.15) is 0 Å². The summed E-state index contributed by atoms with van der Waals surface area (Å²) in [6.45, 7) is 3.51. The predicted molar refractivity (Wildman–Crippen MR) is 65.4 cm³/mol. The maximum Gasteiger partial charge on any atom is 0.416 e. The highest BCUT2D eigenvalue weighted by atomic mass is 19.4. The van der Waals surface area contributed by atoms with Crippen LogP contribution in [0.5, 0.6) is 0 Å². The second kappa shape index (κ2) is 4.80. The molecule has 2 unspecified atom stereocenters. The minimum Gasteiger partial charge on any atom is -0.367 e. The van der Waals surface area contributed by atoms with E-state index in [9.17, 15) is 13.2 Å². The normalized spacial score (nSPS) is 24.6. The van der Waals surface area contributed by atoms with E-state index in [0.717, 1.165) is 30.8 Å². The molecule has 18 heavy (non-hydrogen) atoms. The molecule has 0 aliphatic carbocycles. The molecule has 1 saturated heterocycles. The molecule has 0 saturated carbocycles. The van der Waals surface area contributed by atoms with Crippen molar-refractivity contribution in [2.75, 3.05) is 18.0 Å². The topological polar surface area (TPSA) is 29.3 Å². The monoisotopic (exact) mass is 258 g/mol. The first-order valence-corrected chi connectivity index (χ1v) is 6.07. The lowest BCUT2D eigenvalue weighted by atomic mass is 10.0. The summed E-state index contributed by atoms with van der Waals surface area (Å²) in [6.07, 6.45) is -3.24. The lowest BCUT2D eigenvalue weighted by molar-refractivity contribution is -0.137. The number of nitrogens with zero attached hydrogens (tertiary/aromatic N) is 1. The third-order valence-corrected chi connectivity index (χ3v) is 3.65. The summed E-state index contributed by atoms with van der Waals surface area (Å²) >= 11 is 0. The molecule has 2 atom stereocenters. The fourth-order valence-electron chi connectivity index (χ4n) is 2.53. The maximum atomic E-state index is 12.5. The van der Waals surface area contributed by atoms with Crippen molar-refractivity contribution < 1.29 is 13.2 Å². The fraction of sp³-hybridized carbons (Fsp3) is 0.538. The number of benzene rings is 1. The summed E-state index contributed by atoms with van der Waals surface area (Å²) in [7, 11) is 0. The number of halogens is 3. The first kappa shape index (κ1) is 13.2. The summed E-state index contributed by atoms with van der Waals surface area (Å²) in [4.78, 5) is 2.10. The van der Waals surface area contributed by atoms with E-state index < -0.39 is 11.7 Å². The van der Waals surface area contributed by atoms with Crippen LogP contribution in [0.3, 0.4) is 0 Å². The Hall–Kier alpha value is -1.23. The van der Waals surface area contributed by atoms with Crippen molar-refractivity contribution in [3.05, 3.63) is 29.8 Å². The van der Waals surface area contributed by atoms with Gasteiger partial charge >= 0.3 is 6.18 Å². The Morgan fingerprint density at radius 2 is 1.89 bits per heavy atom. The molecular weight excluding hydrogens is 241 g/mol. The molecule has 100 valence electrons. The van der Waals surface area contributed by atoms with E-state index in [1.165, 1.54) is 12.1 Å². The highest BCUT2D eigenvalue weighted by molar-refractivity contribution is 5.50. The Kier molecular flexibility index (Phi) is 3.52. The van der Waals surface area contributed by atoms with Crippen LogP contribution in [0, 0.1) is 5.92 Å². The Labute approximate surface area is 105 Å². The maximum absolute atomic E-state index is 12.5. The first-order valence-electron chi connectivity index (χ1n) is 6.07. The number of alkyl halides is 3. The van der Waals surface area contributed by atoms with Gasteiger partial charge in [-0.25, -0.2) is 0 Å². The van der Waals surface area contributed by atoms with Crippen LogP contribution < -0.4 is 10.6 Å². The average molecular weight is 258 g/mol. The van der Waals surface area contributed by atoms with Gasteiger partial charge in [0.05, 0.1) is 5.56 Å². The molecule has 0 aromatic heterocycles. The molecule has 0 radical (unpaired) electrons. The quantitative estimate of drug-likeness (QED) is 0.883. The van der Waals surface area contributed by atoms with Gasteiger partial charge in [0, 0.05) is 24.8 Å². The highest BCUT2D eigenvalue weighted by Crippen LogP contribution is 2.33. The Bertz CT molecular complexity index is 400. The van der Waals surface area contributed by atoms with Crippen LogP contribution in [-0.2, 0) is 6.18 Å². The van der Waals surface area contributed by atoms with Crippen molar-refractivity contribution in [3.63, 3.8) is 0 Å². The van der Waals surface area contributed by atoms with Crippen molar-refractivity contribution in [1.29, 1.82) is 0 Å². The zero-order valence-corrected chi connectivity index (χ0v) is 10.2. The molecule has 1 aliphatic heterocycles. The summed E-state index contributed by atoms with van der Waals surface area (Å²) < 4.78 is 37.4. The summed E-state index contributed by atoms with van der Waals surface area (Å²) in [5, 5.41) is 0. The Morgan fingerprint density at radius 1 is 1.28 bits per heavy atom. The van der Waals surface area contributed by atoms with Crippen molar-refractivity contribution >= 4 is 5.69 Å². The van der Waals surface area contributed by atoms with Crippen molar-refractivity contribution in [3.8, 4) is 0 Å². The van der Waals surface area contributed by atoms with E-state index in [2.05, 4.69) is 11.8 Å². The van der Waals surface area contributed by atoms with E-state index in [-0.39, 0.29) is 6.04 Å². The van der Waals surface area contributed by atoms with Crippen molar-refractivity contribution in [2.45, 2.75) is 25.6 Å². The minimum absolute atomic E-state index is 0.224. The second-order valence-corrected chi connectivity index (χ2v) is 4.81. The third kappa shape index (κ3) is 2.46. The van der Waals surface area contributed by atoms with Crippen molar-refractivity contribution in [2.24, 2.45) is 11.7 Å². The number of nitrogens with two attached hydrogens (primary N) is 1. The lowest BCUT2D eigenvalue weighted by Gasteiger charge is -2.28. The van der Waals surface area contributed by atoms with E-state index >= 15 is 0 Å². The Balaban J connectivity index is 2.20. The minimum atomic E-state index is -4.27. The van der Waals surface area contributed by atoms with Gasteiger partial charge < -0.3 is 10.6 Å². The molecule has 1 aromatic carbocycles. The molecule has 2 rings (SSSR count). The average Bonchev–Trinajstić information content (AvgIpc) is 2.69. The molecule has 1 aromatic rings. The van der Waals surface area contributed by atoms with Gasteiger partial charge in [-0.3, -0.25) is 0 Å². The van der Waals surface area contributed by atoms with Crippen LogP contribution in [0.15, 0.2) is 24.3 Å². The zero-order chi connectivity index (χ0) is 13.3. The van der Waals surface area contributed by atoms with Gasteiger partial charge in [-0.2, -0.15) is 13.2 Å². The van der Waals surface area contributed by atoms with Crippen molar-refractivity contribution in [1.82, 2.24) is 0 Å². The predicted octanol–water partition coefficient (Wildman–Crippen LogP) is 2.88. The number of hydrogen-bond acceptors (Lipinski definition) is 2. The summed E-state index contributed by atoms with van der Waals surface area (Å²) in [6, 6.07) is 5.55. The summed E-state index contributed by atoms with van der Waals surface area (Å²) in [5.74, 6) is 0.484. The molecule has 2 N–H and O–H groups in total. The Morgan fingerprint density at radius 3 is 2.39 bits per heavy atom. The van der Waals surface area contributed by atoms with Crippen LogP contribution in [0.2, 0.25) is 0 Å². The first-order chi connectivity index (χ1) is 8.43. The van der Waals surface area contributed by atoms with E-state index in [0.29, 0.717) is 12.5 Å². The number of rotatable bonds is 2. The number of anilines is 1. The van der Waals surface area contributed by atoms with Crippen LogP contribution in [0.1, 0.15) is 18.9 Å². The SMILES string of the molecule is CC1CCN(c2ccc(C(F)(F)F)cc2)C1CN. The van der Waals surface area contributed by atoms with Gasteiger partial charge in [0.25, 0.3) is 0 Å². The smallest absolute Gasteiger partial charge is 0.367 e. The van der Waals surface area contributed by atoms with Crippen LogP contribution in [0.4, 0.5) is 18.9 Å². The molecule has 2 nitrogen and oxygen atoms in total. The second-order valence-electron chi connectivity index (χ2n) is 4.81. The summed E-state index contributed by atoms with van der Waals surface area (Å²) in [5.41, 5.74) is 5.94. The largest absolute Gasteiger partial charge is 0.416 e. The van der Waals surface area contributed by atoms with E-state index in [1.807, 2.05) is 0 Å². The fourth-order valence-corrected chi connectivity index (χ4v) is 2.53. The van der Waals surface area contributed by atoms with E-state index in [4.69, 9.17) is 5.73 Å². The van der Waals surface area contributed by atoms with Gasteiger partial charge in [-0.05, 0) is 36.6 Å². The molecular formula is C13H17F3N2. The molecule has 1 heterocycles. The van der Waals surface area contributed by atoms with Crippen LogP contribution in [-0.4, -0.2) is 19.1 Å².